The van der Waals surface area contributed by atoms with Crippen LogP contribution in [0.1, 0.15) is 19.4 Å². The Morgan fingerprint density at radius 1 is 1.07 bits per heavy atom. The molecule has 30 heavy (non-hydrogen) atoms. The van der Waals surface area contributed by atoms with E-state index in [2.05, 4.69) is 46.9 Å². The fourth-order valence-corrected chi connectivity index (χ4v) is 3.46. The van der Waals surface area contributed by atoms with E-state index in [0.717, 1.165) is 12.1 Å². The van der Waals surface area contributed by atoms with Crippen molar-refractivity contribution in [2.24, 2.45) is 4.99 Å². The van der Waals surface area contributed by atoms with Crippen LogP contribution in [0.3, 0.4) is 0 Å². The van der Waals surface area contributed by atoms with E-state index in [1.807, 2.05) is 0 Å². The number of benzene rings is 2. The molecule has 0 spiro atoms. The maximum atomic E-state index is 12.9. The minimum absolute atomic E-state index is 0.0541. The van der Waals surface area contributed by atoms with Crippen molar-refractivity contribution in [2.75, 3.05) is 5.32 Å². The van der Waals surface area contributed by atoms with E-state index < -0.39 is 24.3 Å². The van der Waals surface area contributed by atoms with Crippen molar-refractivity contribution in [1.82, 2.24) is 0 Å². The standard InChI is InChI=1S/C19H16Br2F4N2O3/c1-10(2)29-16(15-13(20)4-3-5-14(15)21)27-18(28)26-11-6-8-12(9-7-11)30-19(24,25)17(22)23/h3-10,17H,1-2H3,(H,26,28). The zero-order chi connectivity index (χ0) is 22.5. The van der Waals surface area contributed by atoms with Crippen LogP contribution in [0.15, 0.2) is 56.4 Å². The largest absolute Gasteiger partial charge is 0.474 e. The molecule has 2 aromatic carbocycles. The van der Waals surface area contributed by atoms with Crippen LogP contribution in [0.4, 0.5) is 28.0 Å². The number of amides is 2. The van der Waals surface area contributed by atoms with Gasteiger partial charge < -0.3 is 14.8 Å². The number of anilines is 1. The summed E-state index contributed by atoms with van der Waals surface area (Å²) in [4.78, 5) is 16.3. The fourth-order valence-electron chi connectivity index (χ4n) is 2.12. The van der Waals surface area contributed by atoms with E-state index in [9.17, 15) is 22.4 Å². The molecule has 0 saturated heterocycles. The van der Waals surface area contributed by atoms with Crippen molar-refractivity contribution < 1.29 is 31.8 Å². The Morgan fingerprint density at radius 3 is 2.13 bits per heavy atom. The number of ether oxygens (including phenoxy) is 2. The molecule has 0 fully saturated rings. The molecule has 2 rings (SSSR count). The van der Waals surface area contributed by atoms with Crippen LogP contribution >= 0.6 is 31.9 Å². The highest BCUT2D eigenvalue weighted by molar-refractivity contribution is 9.11. The molecule has 0 aromatic heterocycles. The van der Waals surface area contributed by atoms with Gasteiger partial charge in [-0.25, -0.2) is 4.79 Å². The highest BCUT2D eigenvalue weighted by atomic mass is 79.9. The Kier molecular flexibility index (Phi) is 8.25. The average molecular weight is 556 g/mol. The molecule has 0 aliphatic heterocycles. The summed E-state index contributed by atoms with van der Waals surface area (Å²) in [5.41, 5.74) is 0.714. The summed E-state index contributed by atoms with van der Waals surface area (Å²) in [7, 11) is 0. The van der Waals surface area contributed by atoms with Gasteiger partial charge in [-0.3, -0.25) is 0 Å². The second kappa shape index (κ2) is 10.3. The first-order valence-corrected chi connectivity index (χ1v) is 10.0. The minimum atomic E-state index is -4.62. The Hall–Kier alpha value is -2.14. The summed E-state index contributed by atoms with van der Waals surface area (Å²) >= 11 is 6.77. The van der Waals surface area contributed by atoms with E-state index in [1.54, 1.807) is 32.0 Å². The zero-order valence-electron chi connectivity index (χ0n) is 15.6. The summed E-state index contributed by atoms with van der Waals surface area (Å²) < 4.78 is 61.2. The van der Waals surface area contributed by atoms with Gasteiger partial charge in [0, 0.05) is 14.6 Å². The molecule has 2 aromatic rings. The average Bonchev–Trinajstić information content (AvgIpc) is 2.62. The van der Waals surface area contributed by atoms with Gasteiger partial charge in [0.25, 0.3) is 0 Å². The van der Waals surface area contributed by atoms with Gasteiger partial charge in [0.2, 0.25) is 5.90 Å². The first-order valence-electron chi connectivity index (χ1n) is 8.45. The number of carbonyl (C=O) groups excluding carboxylic acids is 1. The second-order valence-corrected chi connectivity index (χ2v) is 7.81. The predicted molar refractivity (Wildman–Crippen MR) is 112 cm³/mol. The van der Waals surface area contributed by atoms with Crippen molar-refractivity contribution >= 4 is 49.5 Å². The minimum Gasteiger partial charge on any atom is -0.474 e. The van der Waals surface area contributed by atoms with Gasteiger partial charge in [-0.1, -0.05) is 6.07 Å². The molecule has 0 aliphatic carbocycles. The van der Waals surface area contributed by atoms with E-state index in [-0.39, 0.29) is 17.7 Å². The number of carbonyl (C=O) groups is 1. The van der Waals surface area contributed by atoms with E-state index >= 15 is 0 Å². The molecule has 0 radical (unpaired) electrons. The van der Waals surface area contributed by atoms with Gasteiger partial charge >= 0.3 is 18.6 Å². The van der Waals surface area contributed by atoms with Gasteiger partial charge in [0.15, 0.2) is 0 Å². The number of rotatable bonds is 6. The summed E-state index contributed by atoms with van der Waals surface area (Å²) in [5.74, 6) is -0.429. The molecule has 0 heterocycles. The Morgan fingerprint density at radius 2 is 1.63 bits per heavy atom. The van der Waals surface area contributed by atoms with Gasteiger partial charge in [0.05, 0.1) is 11.7 Å². The quantitative estimate of drug-likeness (QED) is 0.241. The third kappa shape index (κ3) is 6.69. The van der Waals surface area contributed by atoms with Crippen molar-refractivity contribution in [3.8, 4) is 5.75 Å². The molecular weight excluding hydrogens is 540 g/mol. The monoisotopic (exact) mass is 554 g/mol. The van der Waals surface area contributed by atoms with Gasteiger partial charge in [0.1, 0.15) is 5.75 Å². The Labute approximate surface area is 186 Å². The smallest absolute Gasteiger partial charge is 0.461 e. The number of nitrogens with zero attached hydrogens (tertiary/aromatic N) is 1. The maximum Gasteiger partial charge on any atom is 0.461 e. The third-order valence-electron chi connectivity index (χ3n) is 3.34. The summed E-state index contributed by atoms with van der Waals surface area (Å²) in [6, 6.07) is 8.96. The van der Waals surface area contributed by atoms with Crippen LogP contribution in [0.2, 0.25) is 0 Å². The number of hydrogen-bond acceptors (Lipinski definition) is 3. The third-order valence-corrected chi connectivity index (χ3v) is 4.66. The van der Waals surface area contributed by atoms with Crippen molar-refractivity contribution in [2.45, 2.75) is 32.5 Å². The van der Waals surface area contributed by atoms with Crippen LogP contribution in [-0.4, -0.2) is 30.6 Å². The van der Waals surface area contributed by atoms with Crippen LogP contribution in [-0.2, 0) is 4.74 Å². The number of alkyl halides is 4. The molecule has 0 aliphatic rings. The topological polar surface area (TPSA) is 59.9 Å². The maximum absolute atomic E-state index is 12.9. The van der Waals surface area contributed by atoms with Crippen LogP contribution < -0.4 is 10.1 Å². The van der Waals surface area contributed by atoms with Crippen LogP contribution in [0.25, 0.3) is 0 Å². The number of halogens is 6. The first kappa shape index (κ1) is 24.1. The molecule has 0 atom stereocenters. The number of urea groups is 1. The predicted octanol–water partition coefficient (Wildman–Crippen LogP) is 6.85. The van der Waals surface area contributed by atoms with E-state index in [1.165, 1.54) is 12.1 Å². The molecule has 0 saturated carbocycles. The fraction of sp³-hybridized carbons (Fsp3) is 0.263. The normalized spacial score (nSPS) is 12.3. The van der Waals surface area contributed by atoms with E-state index in [4.69, 9.17) is 4.74 Å². The molecule has 1 N–H and O–H groups in total. The summed E-state index contributed by atoms with van der Waals surface area (Å²) in [5, 5.41) is 2.44. The molecule has 11 heteroatoms. The van der Waals surface area contributed by atoms with Gasteiger partial charge in [-0.05, 0) is 82.1 Å². The Bertz CT molecular complexity index is 902. The molecular formula is C19H16Br2F4N2O3. The van der Waals surface area contributed by atoms with Crippen molar-refractivity contribution in [3.63, 3.8) is 0 Å². The lowest BCUT2D eigenvalue weighted by Gasteiger charge is -2.17. The zero-order valence-corrected chi connectivity index (χ0v) is 18.8. The second-order valence-electron chi connectivity index (χ2n) is 6.10. The lowest BCUT2D eigenvalue weighted by molar-refractivity contribution is -0.253. The van der Waals surface area contributed by atoms with Crippen LogP contribution in [0, 0.1) is 0 Å². The summed E-state index contributed by atoms with van der Waals surface area (Å²) in [6.07, 6.45) is -8.86. The van der Waals surface area contributed by atoms with E-state index in [0.29, 0.717) is 14.5 Å². The lowest BCUT2D eigenvalue weighted by atomic mass is 10.2. The number of aliphatic imine (C=N–C) groups is 1. The highest BCUT2D eigenvalue weighted by Gasteiger charge is 2.43. The molecule has 5 nitrogen and oxygen atoms in total. The number of nitrogens with one attached hydrogen (secondary N) is 1. The van der Waals surface area contributed by atoms with Crippen molar-refractivity contribution in [3.05, 3.63) is 57.0 Å². The first-order chi connectivity index (χ1) is 14.0. The lowest BCUT2D eigenvalue weighted by Crippen LogP contribution is -2.33. The SMILES string of the molecule is CC(C)OC(=NC(=O)Nc1ccc(OC(F)(F)C(F)F)cc1)c1c(Br)cccc1Br. The van der Waals surface area contributed by atoms with Gasteiger partial charge in [-0.2, -0.15) is 22.6 Å². The van der Waals surface area contributed by atoms with Gasteiger partial charge in [-0.15, -0.1) is 0 Å². The summed E-state index contributed by atoms with van der Waals surface area (Å²) in [6.45, 7) is 3.54. The molecule has 0 unspecified atom stereocenters. The highest BCUT2D eigenvalue weighted by Crippen LogP contribution is 2.29. The Balaban J connectivity index is 2.19. The van der Waals surface area contributed by atoms with Crippen LogP contribution in [0.5, 0.6) is 5.75 Å². The van der Waals surface area contributed by atoms with Crippen molar-refractivity contribution in [1.29, 1.82) is 0 Å². The molecule has 2 amide bonds. The molecule has 162 valence electrons. The molecule has 0 bridgehead atoms. The number of hydrogen-bond donors (Lipinski definition) is 1.